The van der Waals surface area contributed by atoms with Gasteiger partial charge in [0.15, 0.2) is 5.76 Å². The van der Waals surface area contributed by atoms with Gasteiger partial charge < -0.3 is 9.73 Å². The van der Waals surface area contributed by atoms with Crippen molar-refractivity contribution in [3.8, 4) is 17.4 Å². The molecule has 0 bridgehead atoms. The minimum absolute atomic E-state index is 0.0206. The fraction of sp³-hybridized carbons (Fsp3) is 0.0435. The molecular formula is C23H15Cl2N3O2S. The van der Waals surface area contributed by atoms with Crippen molar-refractivity contribution in [2.24, 2.45) is 0 Å². The molecule has 0 saturated heterocycles. The molecule has 0 saturated carbocycles. The first kappa shape index (κ1) is 21.1. The van der Waals surface area contributed by atoms with E-state index in [2.05, 4.69) is 5.32 Å². The zero-order valence-corrected chi connectivity index (χ0v) is 18.6. The Morgan fingerprint density at radius 3 is 2.55 bits per heavy atom. The van der Waals surface area contributed by atoms with Crippen LogP contribution in [0.1, 0.15) is 5.76 Å². The van der Waals surface area contributed by atoms with Crippen molar-refractivity contribution in [1.82, 2.24) is 5.32 Å². The van der Waals surface area contributed by atoms with Crippen molar-refractivity contribution in [3.05, 3.63) is 92.5 Å². The molecule has 0 radical (unpaired) electrons. The van der Waals surface area contributed by atoms with Crippen LogP contribution in [0, 0.1) is 11.3 Å². The van der Waals surface area contributed by atoms with Crippen LogP contribution in [0.25, 0.3) is 17.0 Å². The van der Waals surface area contributed by atoms with Gasteiger partial charge in [0.25, 0.3) is 5.91 Å². The maximum atomic E-state index is 12.3. The summed E-state index contributed by atoms with van der Waals surface area (Å²) in [6.07, 6.45) is 0. The van der Waals surface area contributed by atoms with E-state index in [1.807, 2.05) is 58.8 Å². The predicted octanol–water partition coefficient (Wildman–Crippen LogP) is 6.29. The number of amides is 1. The predicted molar refractivity (Wildman–Crippen MR) is 125 cm³/mol. The molecule has 2 aromatic carbocycles. The summed E-state index contributed by atoms with van der Waals surface area (Å²) in [4.78, 5) is 14.1. The normalized spacial score (nSPS) is 14.8. The fourth-order valence-electron chi connectivity index (χ4n) is 3.13. The van der Waals surface area contributed by atoms with Crippen LogP contribution in [-0.2, 0) is 4.79 Å². The molecule has 8 heteroatoms. The van der Waals surface area contributed by atoms with Gasteiger partial charge in [0.05, 0.1) is 10.7 Å². The number of nitriles is 1. The number of para-hydroxylation sites is 1. The third-order valence-corrected chi connectivity index (χ3v) is 6.09. The van der Waals surface area contributed by atoms with Gasteiger partial charge in [-0.1, -0.05) is 53.2 Å². The van der Waals surface area contributed by atoms with E-state index in [1.165, 1.54) is 18.8 Å². The number of thioether (sulfide) groups is 1. The van der Waals surface area contributed by atoms with Crippen LogP contribution in [0.3, 0.4) is 0 Å². The Labute approximate surface area is 193 Å². The zero-order valence-electron chi connectivity index (χ0n) is 16.2. The quantitative estimate of drug-likeness (QED) is 0.360. The Morgan fingerprint density at radius 2 is 1.84 bits per heavy atom. The van der Waals surface area contributed by atoms with Crippen LogP contribution >= 0.6 is 35.0 Å². The summed E-state index contributed by atoms with van der Waals surface area (Å²) in [5.41, 5.74) is 2.19. The van der Waals surface area contributed by atoms with Gasteiger partial charge >= 0.3 is 0 Å². The van der Waals surface area contributed by atoms with Crippen molar-refractivity contribution in [3.63, 3.8) is 0 Å². The van der Waals surface area contributed by atoms with Gasteiger partial charge in [0.2, 0.25) is 0 Å². The lowest BCUT2D eigenvalue weighted by molar-refractivity contribution is -0.116. The van der Waals surface area contributed by atoms with E-state index in [0.29, 0.717) is 37.9 Å². The molecule has 0 atom stereocenters. The highest BCUT2D eigenvalue weighted by Gasteiger charge is 2.31. The van der Waals surface area contributed by atoms with E-state index in [4.69, 9.17) is 27.6 Å². The van der Waals surface area contributed by atoms with Crippen LogP contribution < -0.4 is 10.2 Å². The maximum absolute atomic E-state index is 12.3. The van der Waals surface area contributed by atoms with E-state index in [0.717, 1.165) is 5.69 Å². The molecule has 0 spiro atoms. The number of hydrogen-bond acceptors (Lipinski definition) is 5. The topological polar surface area (TPSA) is 69.3 Å². The fourth-order valence-corrected chi connectivity index (χ4v) is 4.52. The van der Waals surface area contributed by atoms with Gasteiger partial charge in [0, 0.05) is 28.7 Å². The van der Waals surface area contributed by atoms with E-state index >= 15 is 0 Å². The Kier molecular flexibility index (Phi) is 6.10. The molecule has 5 nitrogen and oxygen atoms in total. The second kappa shape index (κ2) is 8.94. The number of carbonyl (C=O) groups is 1. The number of nitrogens with one attached hydrogen (secondary N) is 1. The molecule has 1 aliphatic rings. The number of nitrogens with zero attached hydrogens (tertiary/aromatic N) is 2. The van der Waals surface area contributed by atoms with Crippen molar-refractivity contribution in [1.29, 1.82) is 5.26 Å². The number of benzene rings is 2. The number of rotatable bonds is 4. The molecule has 1 aromatic heterocycles. The number of hydrogen-bond donors (Lipinski definition) is 1. The largest absolute Gasteiger partial charge is 0.454 e. The first-order valence-corrected chi connectivity index (χ1v) is 10.8. The summed E-state index contributed by atoms with van der Waals surface area (Å²) in [6, 6.07) is 20.3. The lowest BCUT2D eigenvalue weighted by atomic mass is 10.2. The van der Waals surface area contributed by atoms with E-state index < -0.39 is 5.91 Å². The number of carbonyl (C=O) groups excluding carboxylic acids is 1. The summed E-state index contributed by atoms with van der Waals surface area (Å²) < 4.78 is 6.12. The second-order valence-corrected chi connectivity index (χ2v) is 8.15. The average Bonchev–Trinajstić information content (AvgIpc) is 3.44. The molecule has 3 aromatic rings. The standard InChI is InChI=1S/C23H15Cl2N3O2S/c1-27-22(29)17(12-26)23-28(15-5-3-2-4-6-15)19(13-31-23)21-10-9-20(30-21)16-11-14(24)7-8-18(16)25/h2-11,13H,1H3,(H,27,29). The van der Waals surface area contributed by atoms with E-state index in [-0.39, 0.29) is 5.57 Å². The number of furan rings is 1. The summed E-state index contributed by atoms with van der Waals surface area (Å²) in [5.74, 6) is 0.670. The number of halogens is 2. The molecule has 0 aliphatic carbocycles. The summed E-state index contributed by atoms with van der Waals surface area (Å²) >= 11 is 13.7. The molecular weight excluding hydrogens is 453 g/mol. The molecule has 2 heterocycles. The van der Waals surface area contributed by atoms with Crippen LogP contribution in [0.5, 0.6) is 0 Å². The minimum atomic E-state index is -0.452. The monoisotopic (exact) mass is 467 g/mol. The Morgan fingerprint density at radius 1 is 1.10 bits per heavy atom. The van der Waals surface area contributed by atoms with E-state index in [1.54, 1.807) is 18.2 Å². The molecule has 1 N–H and O–H groups in total. The highest BCUT2D eigenvalue weighted by atomic mass is 35.5. The van der Waals surface area contributed by atoms with Crippen molar-refractivity contribution < 1.29 is 9.21 Å². The van der Waals surface area contributed by atoms with Gasteiger partial charge in [-0.2, -0.15) is 5.26 Å². The lowest BCUT2D eigenvalue weighted by Gasteiger charge is -2.23. The maximum Gasteiger partial charge on any atom is 0.264 e. The van der Waals surface area contributed by atoms with Crippen molar-refractivity contribution in [2.75, 3.05) is 11.9 Å². The van der Waals surface area contributed by atoms with Crippen LogP contribution in [0.2, 0.25) is 10.0 Å². The lowest BCUT2D eigenvalue weighted by Crippen LogP contribution is -2.24. The van der Waals surface area contributed by atoms with Crippen LogP contribution in [0.4, 0.5) is 5.69 Å². The third kappa shape index (κ3) is 4.08. The smallest absolute Gasteiger partial charge is 0.264 e. The molecule has 154 valence electrons. The molecule has 31 heavy (non-hydrogen) atoms. The average molecular weight is 468 g/mol. The SMILES string of the molecule is CNC(=O)C(C#N)=C1SC=C(c2ccc(-c3cc(Cl)ccc3Cl)o2)N1c1ccccc1. The summed E-state index contributed by atoms with van der Waals surface area (Å²) in [6.45, 7) is 0. The second-order valence-electron chi connectivity index (χ2n) is 6.45. The van der Waals surface area contributed by atoms with Gasteiger partial charge in [-0.3, -0.25) is 9.69 Å². The Bertz CT molecular complexity index is 1260. The molecule has 0 unspecified atom stereocenters. The van der Waals surface area contributed by atoms with Crippen LogP contribution in [0.15, 0.2) is 81.1 Å². The van der Waals surface area contributed by atoms with Gasteiger partial charge in [-0.25, -0.2) is 0 Å². The first-order valence-electron chi connectivity index (χ1n) is 9.17. The summed E-state index contributed by atoms with van der Waals surface area (Å²) in [5, 5.41) is 15.6. The van der Waals surface area contributed by atoms with Gasteiger partial charge in [0.1, 0.15) is 22.4 Å². The van der Waals surface area contributed by atoms with Crippen molar-refractivity contribution >= 4 is 52.3 Å². The van der Waals surface area contributed by atoms with Crippen LogP contribution in [-0.4, -0.2) is 13.0 Å². The molecule has 1 aliphatic heterocycles. The highest BCUT2D eigenvalue weighted by Crippen LogP contribution is 2.45. The highest BCUT2D eigenvalue weighted by molar-refractivity contribution is 8.06. The Balaban J connectivity index is 1.81. The molecule has 0 fully saturated rings. The first-order chi connectivity index (χ1) is 15.0. The molecule has 4 rings (SSSR count). The van der Waals surface area contributed by atoms with E-state index in [9.17, 15) is 10.1 Å². The minimum Gasteiger partial charge on any atom is -0.454 e. The van der Waals surface area contributed by atoms with Gasteiger partial charge in [-0.05, 0) is 42.5 Å². The summed E-state index contributed by atoms with van der Waals surface area (Å²) in [7, 11) is 1.49. The Hall–Kier alpha value is -3.11. The third-order valence-electron chi connectivity index (χ3n) is 4.57. The molecule has 1 amide bonds. The zero-order chi connectivity index (χ0) is 22.0. The number of likely N-dealkylation sites (N-methyl/N-ethyl adjacent to an activating group) is 1. The number of anilines is 1. The van der Waals surface area contributed by atoms with Gasteiger partial charge in [-0.15, -0.1) is 0 Å². The van der Waals surface area contributed by atoms with Crippen molar-refractivity contribution in [2.45, 2.75) is 0 Å².